The van der Waals surface area contributed by atoms with E-state index in [1.165, 1.54) is 0 Å². The summed E-state index contributed by atoms with van der Waals surface area (Å²) in [5.41, 5.74) is 1.65. The summed E-state index contributed by atoms with van der Waals surface area (Å²) in [6.45, 7) is 0.249. The lowest BCUT2D eigenvalue weighted by Crippen LogP contribution is -2.04. The number of aryl methyl sites for hydroxylation is 1. The molecule has 88 valence electrons. The fourth-order valence-electron chi connectivity index (χ4n) is 2.01. The number of fused-ring (bicyclic) bond motifs is 1. The molecule has 0 bridgehead atoms. The molecule has 0 saturated carbocycles. The van der Waals surface area contributed by atoms with E-state index >= 15 is 0 Å². The lowest BCUT2D eigenvalue weighted by atomic mass is 10.1. The van der Waals surface area contributed by atoms with E-state index in [2.05, 4.69) is 0 Å². The van der Waals surface area contributed by atoms with E-state index < -0.39 is 6.10 Å². The van der Waals surface area contributed by atoms with Crippen LogP contribution in [0.5, 0.6) is 11.5 Å². The highest BCUT2D eigenvalue weighted by Gasteiger charge is 2.18. The quantitative estimate of drug-likeness (QED) is 0.857. The highest BCUT2D eigenvalue weighted by atomic mass is 16.7. The van der Waals surface area contributed by atoms with E-state index in [0.717, 1.165) is 17.0 Å². The molecule has 1 aliphatic heterocycles. The minimum atomic E-state index is -0.649. The molecule has 0 aliphatic carbocycles. The summed E-state index contributed by atoms with van der Waals surface area (Å²) in [6, 6.07) is 9.30. The van der Waals surface area contributed by atoms with Gasteiger partial charge >= 0.3 is 0 Å². The smallest absolute Gasteiger partial charge is 0.231 e. The van der Waals surface area contributed by atoms with Crippen molar-refractivity contribution in [3.63, 3.8) is 0 Å². The summed E-state index contributed by atoms with van der Waals surface area (Å²) < 4.78 is 12.4. The van der Waals surface area contributed by atoms with Gasteiger partial charge in [-0.1, -0.05) is 6.07 Å². The normalized spacial score (nSPS) is 14.9. The van der Waals surface area contributed by atoms with Gasteiger partial charge in [0.25, 0.3) is 0 Å². The first-order chi connectivity index (χ1) is 8.25. The first-order valence-corrected chi connectivity index (χ1v) is 5.44. The Morgan fingerprint density at radius 1 is 1.24 bits per heavy atom. The Morgan fingerprint density at radius 2 is 2.06 bits per heavy atom. The summed E-state index contributed by atoms with van der Waals surface area (Å²) in [5, 5.41) is 10.3. The largest absolute Gasteiger partial charge is 0.454 e. The Kier molecular flexibility index (Phi) is 2.30. The van der Waals surface area contributed by atoms with Gasteiger partial charge in [-0.3, -0.25) is 0 Å². The molecule has 17 heavy (non-hydrogen) atoms. The zero-order chi connectivity index (χ0) is 11.8. The van der Waals surface area contributed by atoms with Gasteiger partial charge in [-0.2, -0.15) is 0 Å². The van der Waals surface area contributed by atoms with Crippen molar-refractivity contribution < 1.29 is 14.6 Å². The molecule has 1 aromatic heterocycles. The van der Waals surface area contributed by atoms with Crippen LogP contribution >= 0.6 is 0 Å². The van der Waals surface area contributed by atoms with Crippen LogP contribution < -0.4 is 9.47 Å². The number of hydrogen-bond acceptors (Lipinski definition) is 3. The Labute approximate surface area is 99.0 Å². The van der Waals surface area contributed by atoms with Crippen LogP contribution in [0.2, 0.25) is 0 Å². The summed E-state index contributed by atoms with van der Waals surface area (Å²) in [5.74, 6) is 1.42. The number of benzene rings is 1. The van der Waals surface area contributed by atoms with E-state index in [1.54, 1.807) is 0 Å². The molecule has 4 nitrogen and oxygen atoms in total. The monoisotopic (exact) mass is 231 g/mol. The molecule has 2 heterocycles. The highest BCUT2D eigenvalue weighted by molar-refractivity contribution is 5.46. The molecule has 0 spiro atoms. The molecular weight excluding hydrogens is 218 g/mol. The molecule has 0 saturated heterocycles. The standard InChI is InChI=1S/C13H13NO3/c1-14-6-2-3-10(14)13(15)9-4-5-11-12(7-9)17-8-16-11/h2-7,13,15H,8H2,1H3/t13-/m0/s1. The molecule has 1 atom stereocenters. The van der Waals surface area contributed by atoms with Crippen LogP contribution in [0.1, 0.15) is 17.4 Å². The van der Waals surface area contributed by atoms with Gasteiger partial charge in [0.05, 0.1) is 5.69 Å². The Bertz CT molecular complexity index is 547. The number of aliphatic hydroxyl groups is 1. The molecular formula is C13H13NO3. The number of nitrogens with zero attached hydrogens (tertiary/aromatic N) is 1. The number of aromatic nitrogens is 1. The van der Waals surface area contributed by atoms with Crippen LogP contribution in [0.25, 0.3) is 0 Å². The molecule has 3 rings (SSSR count). The van der Waals surface area contributed by atoms with E-state index in [9.17, 15) is 5.11 Å². The summed E-state index contributed by atoms with van der Waals surface area (Å²) in [7, 11) is 1.91. The van der Waals surface area contributed by atoms with Crippen molar-refractivity contribution in [1.29, 1.82) is 0 Å². The highest BCUT2D eigenvalue weighted by Crippen LogP contribution is 2.35. The zero-order valence-corrected chi connectivity index (χ0v) is 9.46. The van der Waals surface area contributed by atoms with Crippen molar-refractivity contribution in [2.24, 2.45) is 7.05 Å². The fraction of sp³-hybridized carbons (Fsp3) is 0.231. The number of hydrogen-bond donors (Lipinski definition) is 1. The molecule has 0 radical (unpaired) electrons. The van der Waals surface area contributed by atoms with Crippen LogP contribution in [0.4, 0.5) is 0 Å². The predicted molar refractivity (Wildman–Crippen MR) is 62.0 cm³/mol. The number of aliphatic hydroxyl groups excluding tert-OH is 1. The van der Waals surface area contributed by atoms with Gasteiger partial charge in [-0.05, 0) is 29.8 Å². The molecule has 0 fully saturated rings. The van der Waals surface area contributed by atoms with Gasteiger partial charge in [0.15, 0.2) is 11.5 Å². The lowest BCUT2D eigenvalue weighted by Gasteiger charge is -2.12. The van der Waals surface area contributed by atoms with Gasteiger partial charge in [-0.25, -0.2) is 0 Å². The average Bonchev–Trinajstić information content (AvgIpc) is 2.95. The van der Waals surface area contributed by atoms with Gasteiger partial charge in [0, 0.05) is 13.2 Å². The summed E-state index contributed by atoms with van der Waals surface area (Å²) in [4.78, 5) is 0. The van der Waals surface area contributed by atoms with Crippen molar-refractivity contribution in [3.8, 4) is 11.5 Å². The molecule has 4 heteroatoms. The van der Waals surface area contributed by atoms with Crippen LogP contribution in [0.3, 0.4) is 0 Å². The maximum atomic E-state index is 10.3. The van der Waals surface area contributed by atoms with E-state index in [0.29, 0.717) is 5.75 Å². The first kappa shape index (κ1) is 10.2. The third kappa shape index (κ3) is 1.66. The third-order valence-corrected chi connectivity index (χ3v) is 2.98. The van der Waals surface area contributed by atoms with Crippen LogP contribution in [0.15, 0.2) is 36.5 Å². The minimum absolute atomic E-state index is 0.249. The molecule has 0 unspecified atom stereocenters. The average molecular weight is 231 g/mol. The van der Waals surface area contributed by atoms with E-state index in [1.807, 2.05) is 48.1 Å². The van der Waals surface area contributed by atoms with Crippen LogP contribution in [-0.2, 0) is 7.05 Å². The van der Waals surface area contributed by atoms with Crippen LogP contribution in [-0.4, -0.2) is 16.5 Å². The number of rotatable bonds is 2. The van der Waals surface area contributed by atoms with Gasteiger partial charge in [0.2, 0.25) is 6.79 Å². The Morgan fingerprint density at radius 3 is 2.82 bits per heavy atom. The minimum Gasteiger partial charge on any atom is -0.454 e. The lowest BCUT2D eigenvalue weighted by molar-refractivity contribution is 0.173. The first-order valence-electron chi connectivity index (χ1n) is 5.44. The van der Waals surface area contributed by atoms with E-state index in [4.69, 9.17) is 9.47 Å². The summed E-state index contributed by atoms with van der Waals surface area (Å²) >= 11 is 0. The maximum Gasteiger partial charge on any atom is 0.231 e. The van der Waals surface area contributed by atoms with Gasteiger partial charge in [-0.15, -0.1) is 0 Å². The van der Waals surface area contributed by atoms with Crippen LogP contribution in [0, 0.1) is 0 Å². The fourth-order valence-corrected chi connectivity index (χ4v) is 2.01. The second-order valence-corrected chi connectivity index (χ2v) is 4.06. The predicted octanol–water partition coefficient (Wildman–Crippen LogP) is 1.84. The molecule has 1 aromatic carbocycles. The van der Waals surface area contributed by atoms with Crippen molar-refractivity contribution in [1.82, 2.24) is 4.57 Å². The van der Waals surface area contributed by atoms with Gasteiger partial charge < -0.3 is 19.1 Å². The van der Waals surface area contributed by atoms with Gasteiger partial charge in [0.1, 0.15) is 6.10 Å². The van der Waals surface area contributed by atoms with Crippen molar-refractivity contribution in [2.45, 2.75) is 6.10 Å². The molecule has 0 amide bonds. The number of ether oxygens (including phenoxy) is 2. The van der Waals surface area contributed by atoms with Crippen molar-refractivity contribution in [3.05, 3.63) is 47.8 Å². The van der Waals surface area contributed by atoms with E-state index in [-0.39, 0.29) is 6.79 Å². The SMILES string of the molecule is Cn1cccc1[C@@H](O)c1ccc2c(c1)OCO2. The Hall–Kier alpha value is -1.94. The topological polar surface area (TPSA) is 43.6 Å². The molecule has 2 aromatic rings. The van der Waals surface area contributed by atoms with Crippen molar-refractivity contribution in [2.75, 3.05) is 6.79 Å². The zero-order valence-electron chi connectivity index (χ0n) is 9.46. The van der Waals surface area contributed by atoms with Crippen molar-refractivity contribution >= 4 is 0 Å². The summed E-state index contributed by atoms with van der Waals surface area (Å²) in [6.07, 6.45) is 1.26. The third-order valence-electron chi connectivity index (χ3n) is 2.98. The Balaban J connectivity index is 1.97. The maximum absolute atomic E-state index is 10.3. The molecule has 1 N–H and O–H groups in total. The second kappa shape index (κ2) is 3.82. The molecule has 1 aliphatic rings. The second-order valence-electron chi connectivity index (χ2n) is 4.06.